The van der Waals surface area contributed by atoms with Gasteiger partial charge in [0.05, 0.1) is 5.56 Å². The number of carbonyl (C=O) groups excluding carboxylic acids is 1. The first-order valence-electron chi connectivity index (χ1n) is 5.02. The third-order valence-corrected chi connectivity index (χ3v) is 2.46. The molecule has 2 N–H and O–H groups in total. The van der Waals surface area contributed by atoms with Crippen molar-refractivity contribution in [3.8, 4) is 0 Å². The van der Waals surface area contributed by atoms with Crippen LogP contribution in [0.5, 0.6) is 0 Å². The molecule has 1 aromatic carbocycles. The van der Waals surface area contributed by atoms with E-state index in [1.54, 1.807) is 0 Å². The standard InChI is InChI=1S/C12H13N2O/c1-2-7-14-8-10(12(13)15)9-5-3-4-6-11(9)14/h4-6,8H,2,7H2,1H3,(H2,13,15). The second-order valence-corrected chi connectivity index (χ2v) is 3.54. The van der Waals surface area contributed by atoms with E-state index in [4.69, 9.17) is 5.73 Å². The Hall–Kier alpha value is -1.77. The predicted octanol–water partition coefficient (Wildman–Crippen LogP) is 1.95. The summed E-state index contributed by atoms with van der Waals surface area (Å²) in [5.41, 5.74) is 6.95. The molecule has 0 unspecified atom stereocenters. The van der Waals surface area contributed by atoms with Gasteiger partial charge in [-0.15, -0.1) is 0 Å². The maximum absolute atomic E-state index is 11.2. The van der Waals surface area contributed by atoms with Gasteiger partial charge in [0.1, 0.15) is 0 Å². The Kier molecular flexibility index (Phi) is 2.46. The van der Waals surface area contributed by atoms with E-state index < -0.39 is 0 Å². The molecule has 0 aliphatic rings. The van der Waals surface area contributed by atoms with Gasteiger partial charge in [0, 0.05) is 23.6 Å². The van der Waals surface area contributed by atoms with Gasteiger partial charge in [0.15, 0.2) is 0 Å². The third-order valence-electron chi connectivity index (χ3n) is 2.46. The lowest BCUT2D eigenvalue weighted by Crippen LogP contribution is -2.10. The van der Waals surface area contributed by atoms with Gasteiger partial charge in [0.25, 0.3) is 5.91 Å². The van der Waals surface area contributed by atoms with Crippen molar-refractivity contribution in [2.24, 2.45) is 5.73 Å². The summed E-state index contributed by atoms with van der Waals surface area (Å²) in [5.74, 6) is -0.380. The van der Waals surface area contributed by atoms with Gasteiger partial charge in [-0.25, -0.2) is 0 Å². The first-order chi connectivity index (χ1) is 7.24. The summed E-state index contributed by atoms with van der Waals surface area (Å²) < 4.78 is 2.06. The molecule has 1 aromatic heterocycles. The molecule has 0 aliphatic heterocycles. The largest absolute Gasteiger partial charge is 0.366 e. The zero-order valence-corrected chi connectivity index (χ0v) is 8.66. The highest BCUT2D eigenvalue weighted by atomic mass is 16.1. The minimum absolute atomic E-state index is 0.380. The minimum Gasteiger partial charge on any atom is -0.366 e. The Labute approximate surface area is 88.5 Å². The maximum atomic E-state index is 11.2. The smallest absolute Gasteiger partial charge is 0.250 e. The number of nitrogens with two attached hydrogens (primary N) is 1. The molecular formula is C12H13N2O. The fourth-order valence-corrected chi connectivity index (χ4v) is 1.81. The molecule has 0 spiro atoms. The normalized spacial score (nSPS) is 10.7. The Morgan fingerprint density at radius 1 is 1.60 bits per heavy atom. The van der Waals surface area contributed by atoms with Crippen LogP contribution in [0.3, 0.4) is 0 Å². The molecule has 0 aliphatic carbocycles. The van der Waals surface area contributed by atoms with Crippen LogP contribution in [0.4, 0.5) is 0 Å². The fourth-order valence-electron chi connectivity index (χ4n) is 1.81. The van der Waals surface area contributed by atoms with E-state index in [0.29, 0.717) is 5.56 Å². The molecule has 0 fully saturated rings. The van der Waals surface area contributed by atoms with Gasteiger partial charge in [-0.1, -0.05) is 13.0 Å². The van der Waals surface area contributed by atoms with Crippen molar-refractivity contribution in [1.82, 2.24) is 4.57 Å². The quantitative estimate of drug-likeness (QED) is 0.810. The van der Waals surface area contributed by atoms with Crippen LogP contribution in [0.15, 0.2) is 24.4 Å². The van der Waals surface area contributed by atoms with Crippen LogP contribution < -0.4 is 5.73 Å². The third kappa shape index (κ3) is 1.61. The highest BCUT2D eigenvalue weighted by Crippen LogP contribution is 2.20. The van der Waals surface area contributed by atoms with Crippen molar-refractivity contribution in [1.29, 1.82) is 0 Å². The van der Waals surface area contributed by atoms with Crippen molar-refractivity contribution in [2.45, 2.75) is 19.9 Å². The van der Waals surface area contributed by atoms with Gasteiger partial charge >= 0.3 is 0 Å². The SMILES string of the molecule is CCCn1cc(C(N)=O)c2c[c]ccc21. The number of carbonyl (C=O) groups is 1. The van der Waals surface area contributed by atoms with E-state index in [0.717, 1.165) is 23.9 Å². The predicted molar refractivity (Wildman–Crippen MR) is 59.6 cm³/mol. The molecule has 3 heteroatoms. The molecule has 0 saturated carbocycles. The van der Waals surface area contributed by atoms with Crippen LogP contribution in [0.25, 0.3) is 10.9 Å². The summed E-state index contributed by atoms with van der Waals surface area (Å²) in [6, 6.07) is 8.57. The van der Waals surface area contributed by atoms with E-state index in [9.17, 15) is 4.79 Å². The van der Waals surface area contributed by atoms with Crippen LogP contribution in [0.1, 0.15) is 23.7 Å². The monoisotopic (exact) mass is 201 g/mol. The van der Waals surface area contributed by atoms with Crippen molar-refractivity contribution in [3.05, 3.63) is 36.0 Å². The van der Waals surface area contributed by atoms with Gasteiger partial charge in [-0.2, -0.15) is 0 Å². The second kappa shape index (κ2) is 3.77. The number of hydrogen-bond donors (Lipinski definition) is 1. The number of aromatic nitrogens is 1. The molecule has 0 saturated heterocycles. The number of benzene rings is 1. The number of aryl methyl sites for hydroxylation is 1. The number of primary amides is 1. The van der Waals surface area contributed by atoms with Crippen LogP contribution in [-0.2, 0) is 6.54 Å². The van der Waals surface area contributed by atoms with Crippen LogP contribution in [-0.4, -0.2) is 10.5 Å². The Morgan fingerprint density at radius 2 is 2.40 bits per heavy atom. The van der Waals surface area contributed by atoms with E-state index in [2.05, 4.69) is 17.6 Å². The van der Waals surface area contributed by atoms with Gasteiger partial charge in [0.2, 0.25) is 0 Å². The zero-order chi connectivity index (χ0) is 10.8. The van der Waals surface area contributed by atoms with Crippen LogP contribution in [0.2, 0.25) is 0 Å². The number of nitrogens with zero attached hydrogens (tertiary/aromatic N) is 1. The summed E-state index contributed by atoms with van der Waals surface area (Å²) in [4.78, 5) is 11.2. The Morgan fingerprint density at radius 3 is 3.07 bits per heavy atom. The number of rotatable bonds is 3. The highest BCUT2D eigenvalue weighted by molar-refractivity contribution is 6.06. The molecule has 1 radical (unpaired) electrons. The number of hydrogen-bond acceptors (Lipinski definition) is 1. The van der Waals surface area contributed by atoms with E-state index >= 15 is 0 Å². The molecule has 0 bridgehead atoms. The number of fused-ring (bicyclic) bond motifs is 1. The summed E-state index contributed by atoms with van der Waals surface area (Å²) in [7, 11) is 0. The number of amides is 1. The minimum atomic E-state index is -0.380. The Balaban J connectivity index is 2.67. The molecular weight excluding hydrogens is 188 g/mol. The van der Waals surface area contributed by atoms with Crippen molar-refractivity contribution >= 4 is 16.8 Å². The molecule has 2 rings (SSSR count). The maximum Gasteiger partial charge on any atom is 0.250 e. The van der Waals surface area contributed by atoms with E-state index in [1.807, 2.05) is 24.4 Å². The first kappa shape index (κ1) is 9.77. The molecule has 1 amide bonds. The van der Waals surface area contributed by atoms with Crippen molar-refractivity contribution in [2.75, 3.05) is 0 Å². The average Bonchev–Trinajstić information content (AvgIpc) is 2.59. The van der Waals surface area contributed by atoms with E-state index in [-0.39, 0.29) is 5.91 Å². The lowest BCUT2D eigenvalue weighted by Gasteiger charge is -2.00. The molecule has 15 heavy (non-hydrogen) atoms. The Bertz CT molecular complexity index is 499. The van der Waals surface area contributed by atoms with Gasteiger partial charge in [-0.05, 0) is 24.6 Å². The molecule has 1 heterocycles. The second-order valence-electron chi connectivity index (χ2n) is 3.54. The lowest BCUT2D eigenvalue weighted by molar-refractivity contribution is 0.100. The highest BCUT2D eigenvalue weighted by Gasteiger charge is 2.11. The average molecular weight is 201 g/mol. The van der Waals surface area contributed by atoms with Gasteiger partial charge in [-0.3, -0.25) is 4.79 Å². The summed E-state index contributed by atoms with van der Waals surface area (Å²) >= 11 is 0. The summed E-state index contributed by atoms with van der Waals surface area (Å²) in [5, 5.41) is 0.887. The fraction of sp³-hybridized carbons (Fsp3) is 0.250. The molecule has 0 atom stereocenters. The summed E-state index contributed by atoms with van der Waals surface area (Å²) in [6.45, 7) is 3.00. The lowest BCUT2D eigenvalue weighted by atomic mass is 10.2. The van der Waals surface area contributed by atoms with Crippen molar-refractivity contribution < 1.29 is 4.79 Å². The topological polar surface area (TPSA) is 48.0 Å². The molecule has 2 aromatic rings. The van der Waals surface area contributed by atoms with Gasteiger partial charge < -0.3 is 10.3 Å². The summed E-state index contributed by atoms with van der Waals surface area (Å²) in [6.07, 6.45) is 2.85. The van der Waals surface area contributed by atoms with Crippen molar-refractivity contribution in [3.63, 3.8) is 0 Å². The molecule has 3 nitrogen and oxygen atoms in total. The first-order valence-corrected chi connectivity index (χ1v) is 5.02. The van der Waals surface area contributed by atoms with E-state index in [1.165, 1.54) is 0 Å². The van der Waals surface area contributed by atoms with Crippen LogP contribution >= 0.6 is 0 Å². The van der Waals surface area contributed by atoms with Crippen LogP contribution in [0, 0.1) is 6.07 Å². The molecule has 77 valence electrons. The zero-order valence-electron chi connectivity index (χ0n) is 8.66.